The first-order valence-electron chi connectivity index (χ1n) is 7.27. The molecule has 2 N–H and O–H groups in total. The second-order valence-corrected chi connectivity index (χ2v) is 7.73. The van der Waals surface area contributed by atoms with Gasteiger partial charge in [-0.15, -0.1) is 0 Å². The third-order valence-electron chi connectivity index (χ3n) is 3.57. The van der Waals surface area contributed by atoms with E-state index in [2.05, 4.69) is 20.6 Å². The molecule has 7 nitrogen and oxygen atoms in total. The number of nitrogens with zero attached hydrogens (tertiary/aromatic N) is 2. The molecule has 1 aromatic carbocycles. The average Bonchev–Trinajstić information content (AvgIpc) is 2.86. The lowest BCUT2D eigenvalue weighted by molar-refractivity contribution is 0.102. The van der Waals surface area contributed by atoms with E-state index < -0.39 is 21.6 Å². The van der Waals surface area contributed by atoms with Crippen molar-refractivity contribution in [3.8, 4) is 0 Å². The highest BCUT2D eigenvalue weighted by Gasteiger charge is 2.28. The van der Waals surface area contributed by atoms with Crippen molar-refractivity contribution >= 4 is 27.2 Å². The van der Waals surface area contributed by atoms with Gasteiger partial charge in [0.15, 0.2) is 9.84 Å². The van der Waals surface area contributed by atoms with Crippen molar-refractivity contribution in [2.75, 3.05) is 22.1 Å². The van der Waals surface area contributed by atoms with E-state index in [-0.39, 0.29) is 23.2 Å². The van der Waals surface area contributed by atoms with Crippen LogP contribution in [0.1, 0.15) is 16.9 Å². The van der Waals surface area contributed by atoms with E-state index in [4.69, 9.17) is 0 Å². The molecule has 1 aliphatic rings. The first-order chi connectivity index (χ1) is 11.4. The zero-order chi connectivity index (χ0) is 17.2. The molecule has 3 rings (SSSR count). The summed E-state index contributed by atoms with van der Waals surface area (Å²) in [5, 5.41) is 5.53. The van der Waals surface area contributed by atoms with Crippen LogP contribution in [0, 0.1) is 5.82 Å². The number of nitrogens with one attached hydrogen (secondary N) is 2. The molecule has 1 amide bonds. The van der Waals surface area contributed by atoms with Crippen LogP contribution in [-0.4, -0.2) is 41.8 Å². The standard InChI is InChI=1S/C15H15FN4O3S/c16-10-2-1-3-11(6-10)20-15(21)13-7-14(18-9-17-13)19-12-4-5-24(22,23)8-12/h1-3,6-7,9,12H,4-5,8H2,(H,20,21)(H,17,18,19). The minimum atomic E-state index is -3.01. The molecular weight excluding hydrogens is 335 g/mol. The molecule has 9 heteroatoms. The summed E-state index contributed by atoms with van der Waals surface area (Å²) in [5.41, 5.74) is 0.410. The number of hydrogen-bond acceptors (Lipinski definition) is 6. The number of benzene rings is 1. The third kappa shape index (κ3) is 4.05. The van der Waals surface area contributed by atoms with Crippen LogP contribution in [0.15, 0.2) is 36.7 Å². The number of anilines is 2. The number of halogens is 1. The largest absolute Gasteiger partial charge is 0.366 e. The van der Waals surface area contributed by atoms with E-state index in [9.17, 15) is 17.6 Å². The summed E-state index contributed by atoms with van der Waals surface area (Å²) in [6.45, 7) is 0. The molecule has 0 spiro atoms. The lowest BCUT2D eigenvalue weighted by atomic mass is 10.2. The van der Waals surface area contributed by atoms with E-state index in [0.717, 1.165) is 0 Å². The van der Waals surface area contributed by atoms with Gasteiger partial charge in [-0.25, -0.2) is 22.8 Å². The van der Waals surface area contributed by atoms with Crippen LogP contribution in [0.2, 0.25) is 0 Å². The maximum Gasteiger partial charge on any atom is 0.274 e. The Balaban J connectivity index is 1.69. The lowest BCUT2D eigenvalue weighted by Gasteiger charge is -2.12. The van der Waals surface area contributed by atoms with Crippen LogP contribution in [-0.2, 0) is 9.84 Å². The Morgan fingerprint density at radius 2 is 2.08 bits per heavy atom. The molecule has 2 heterocycles. The molecule has 1 aromatic heterocycles. The Labute approximate surface area is 138 Å². The number of hydrogen-bond donors (Lipinski definition) is 2. The predicted molar refractivity (Wildman–Crippen MR) is 87.1 cm³/mol. The second kappa shape index (κ2) is 6.52. The lowest BCUT2D eigenvalue weighted by Crippen LogP contribution is -2.22. The van der Waals surface area contributed by atoms with Crippen LogP contribution in [0.4, 0.5) is 15.9 Å². The molecule has 126 valence electrons. The molecule has 1 saturated heterocycles. The number of carbonyl (C=O) groups excluding carboxylic acids is 1. The third-order valence-corrected chi connectivity index (χ3v) is 5.33. The molecular formula is C15H15FN4O3S. The SMILES string of the molecule is O=C(Nc1cccc(F)c1)c1cc(NC2CCS(=O)(=O)C2)ncn1. The van der Waals surface area contributed by atoms with Gasteiger partial charge in [0.1, 0.15) is 23.7 Å². The number of rotatable bonds is 4. The molecule has 24 heavy (non-hydrogen) atoms. The normalized spacial score (nSPS) is 19.0. The fraction of sp³-hybridized carbons (Fsp3) is 0.267. The van der Waals surface area contributed by atoms with E-state index >= 15 is 0 Å². The van der Waals surface area contributed by atoms with Crippen LogP contribution < -0.4 is 10.6 Å². The van der Waals surface area contributed by atoms with Gasteiger partial charge < -0.3 is 10.6 Å². The smallest absolute Gasteiger partial charge is 0.274 e. The maximum atomic E-state index is 13.1. The topological polar surface area (TPSA) is 101 Å². The van der Waals surface area contributed by atoms with Crippen LogP contribution >= 0.6 is 0 Å². The molecule has 1 fully saturated rings. The summed E-state index contributed by atoms with van der Waals surface area (Å²) in [6.07, 6.45) is 1.71. The van der Waals surface area contributed by atoms with Crippen molar-refractivity contribution < 1.29 is 17.6 Å². The Hall–Kier alpha value is -2.55. The number of sulfone groups is 1. The van der Waals surface area contributed by atoms with Crippen LogP contribution in [0.25, 0.3) is 0 Å². The van der Waals surface area contributed by atoms with Crippen LogP contribution in [0.5, 0.6) is 0 Å². The molecule has 2 aromatic rings. The summed E-state index contributed by atoms with van der Waals surface area (Å²) in [6, 6.07) is 6.71. The number of amides is 1. The zero-order valence-corrected chi connectivity index (χ0v) is 13.4. The summed E-state index contributed by atoms with van der Waals surface area (Å²) in [5.74, 6) is -0.410. The van der Waals surface area contributed by atoms with Gasteiger partial charge in [0.2, 0.25) is 0 Å². The predicted octanol–water partition coefficient (Wildman–Crippen LogP) is 1.47. The van der Waals surface area contributed by atoms with Crippen molar-refractivity contribution in [2.24, 2.45) is 0 Å². The Kier molecular flexibility index (Phi) is 4.43. The van der Waals surface area contributed by atoms with Crippen molar-refractivity contribution in [3.05, 3.63) is 48.2 Å². The number of carbonyl (C=O) groups is 1. The first kappa shape index (κ1) is 16.3. The van der Waals surface area contributed by atoms with Gasteiger partial charge in [0.25, 0.3) is 5.91 Å². The minimum Gasteiger partial charge on any atom is -0.366 e. The van der Waals surface area contributed by atoms with Gasteiger partial charge in [-0.05, 0) is 24.6 Å². The Bertz CT molecular complexity index is 873. The Morgan fingerprint density at radius 1 is 1.25 bits per heavy atom. The fourth-order valence-electron chi connectivity index (χ4n) is 2.44. The summed E-state index contributed by atoms with van der Waals surface area (Å²) in [4.78, 5) is 20.1. The molecule has 0 radical (unpaired) electrons. The Morgan fingerprint density at radius 3 is 2.79 bits per heavy atom. The highest BCUT2D eigenvalue weighted by molar-refractivity contribution is 7.91. The maximum absolute atomic E-state index is 13.1. The highest BCUT2D eigenvalue weighted by atomic mass is 32.2. The van der Waals surface area contributed by atoms with Crippen molar-refractivity contribution in [1.29, 1.82) is 0 Å². The molecule has 0 saturated carbocycles. The van der Waals surface area contributed by atoms with Gasteiger partial charge in [0.05, 0.1) is 11.5 Å². The summed E-state index contributed by atoms with van der Waals surface area (Å²) >= 11 is 0. The summed E-state index contributed by atoms with van der Waals surface area (Å²) < 4.78 is 36.1. The summed E-state index contributed by atoms with van der Waals surface area (Å²) in [7, 11) is -3.01. The second-order valence-electron chi connectivity index (χ2n) is 5.50. The van der Waals surface area contributed by atoms with E-state index in [1.54, 1.807) is 6.07 Å². The van der Waals surface area contributed by atoms with Crippen molar-refractivity contribution in [3.63, 3.8) is 0 Å². The molecule has 1 aliphatic heterocycles. The van der Waals surface area contributed by atoms with Gasteiger partial charge in [-0.1, -0.05) is 6.07 Å². The van der Waals surface area contributed by atoms with Crippen molar-refractivity contribution in [1.82, 2.24) is 9.97 Å². The fourth-order valence-corrected chi connectivity index (χ4v) is 4.11. The quantitative estimate of drug-likeness (QED) is 0.866. The van der Waals surface area contributed by atoms with Gasteiger partial charge in [-0.3, -0.25) is 4.79 Å². The monoisotopic (exact) mass is 350 g/mol. The van der Waals surface area contributed by atoms with Gasteiger partial charge >= 0.3 is 0 Å². The van der Waals surface area contributed by atoms with Crippen molar-refractivity contribution in [2.45, 2.75) is 12.5 Å². The first-order valence-corrected chi connectivity index (χ1v) is 9.09. The molecule has 0 bridgehead atoms. The number of aromatic nitrogens is 2. The zero-order valence-electron chi connectivity index (χ0n) is 12.6. The highest BCUT2D eigenvalue weighted by Crippen LogP contribution is 2.17. The molecule has 0 aliphatic carbocycles. The van der Waals surface area contributed by atoms with Gasteiger partial charge in [-0.2, -0.15) is 0 Å². The molecule has 1 atom stereocenters. The van der Waals surface area contributed by atoms with Crippen LogP contribution in [0.3, 0.4) is 0 Å². The minimum absolute atomic E-state index is 0.0435. The molecule has 1 unspecified atom stereocenters. The average molecular weight is 350 g/mol. The van der Waals surface area contributed by atoms with E-state index in [0.29, 0.717) is 17.9 Å². The van der Waals surface area contributed by atoms with E-state index in [1.165, 1.54) is 30.6 Å². The van der Waals surface area contributed by atoms with Gasteiger partial charge in [0, 0.05) is 17.8 Å². The van der Waals surface area contributed by atoms with E-state index in [1.807, 2.05) is 0 Å².